The van der Waals surface area contributed by atoms with Crippen LogP contribution in [0.4, 0.5) is 0 Å². The Kier molecular flexibility index (Phi) is 4.93. The molecule has 3 aromatic rings. The van der Waals surface area contributed by atoms with Crippen LogP contribution in [0.2, 0.25) is 0 Å². The highest BCUT2D eigenvalue weighted by Crippen LogP contribution is 2.50. The van der Waals surface area contributed by atoms with Gasteiger partial charge >= 0.3 is 5.97 Å². The van der Waals surface area contributed by atoms with Crippen LogP contribution < -0.4 is 9.47 Å². The second-order valence-electron chi connectivity index (χ2n) is 9.75. The highest BCUT2D eigenvalue weighted by atomic mass is 32.2. The standard InChI is InChI=1S/C29H25NO4S/c31-29(32)18-6-9-23-27(14-18)35-26-4-2-1-3-22(26)28(23)19-12-20-7-8-21(13-19)30(20)15-17-5-10-24-25(11-17)34-16-33-24/h1-6,9-11,14,20-21H,7-8,12-13,15-16H2,(H,31,32). The molecule has 4 aliphatic heterocycles. The molecule has 2 atom stereocenters. The number of nitrogens with zero attached hydrogens (tertiary/aromatic N) is 1. The number of piperidine rings is 1. The van der Waals surface area contributed by atoms with Crippen molar-refractivity contribution in [3.63, 3.8) is 0 Å². The molecular weight excluding hydrogens is 458 g/mol. The average Bonchev–Trinajstić information content (AvgIpc) is 3.42. The zero-order valence-corrected chi connectivity index (χ0v) is 20.0. The van der Waals surface area contributed by atoms with Crippen LogP contribution in [0.5, 0.6) is 11.5 Å². The van der Waals surface area contributed by atoms with Crippen molar-refractivity contribution >= 4 is 23.3 Å². The Hall–Kier alpha value is -3.22. The molecule has 176 valence electrons. The zero-order valence-electron chi connectivity index (χ0n) is 19.2. The molecule has 6 heteroatoms. The van der Waals surface area contributed by atoms with Gasteiger partial charge in [0.15, 0.2) is 11.5 Å². The maximum Gasteiger partial charge on any atom is 0.335 e. The van der Waals surface area contributed by atoms with Gasteiger partial charge in [0, 0.05) is 28.4 Å². The lowest BCUT2D eigenvalue weighted by Gasteiger charge is -2.38. The monoisotopic (exact) mass is 483 g/mol. The molecule has 35 heavy (non-hydrogen) atoms. The molecule has 0 aromatic heterocycles. The van der Waals surface area contributed by atoms with Gasteiger partial charge in [0.1, 0.15) is 0 Å². The average molecular weight is 484 g/mol. The second-order valence-corrected chi connectivity index (χ2v) is 10.8. The van der Waals surface area contributed by atoms with Gasteiger partial charge in [-0.15, -0.1) is 0 Å². The minimum Gasteiger partial charge on any atom is -0.478 e. The van der Waals surface area contributed by atoms with E-state index in [1.807, 2.05) is 18.2 Å². The van der Waals surface area contributed by atoms with Crippen molar-refractivity contribution in [1.29, 1.82) is 0 Å². The third-order valence-corrected chi connectivity index (χ3v) is 8.90. The lowest BCUT2D eigenvalue weighted by Crippen LogP contribution is -2.40. The number of carbonyl (C=O) groups is 1. The van der Waals surface area contributed by atoms with Gasteiger partial charge in [-0.05, 0) is 78.3 Å². The SMILES string of the molecule is O=C(O)c1ccc2c(c1)Sc1ccccc1C2=C1CC2CCC(C1)N2Cc1ccc2c(c1)OCO2. The van der Waals surface area contributed by atoms with Crippen LogP contribution in [0.15, 0.2) is 76.0 Å². The van der Waals surface area contributed by atoms with E-state index in [-0.39, 0.29) is 0 Å². The summed E-state index contributed by atoms with van der Waals surface area (Å²) in [6.07, 6.45) is 4.53. The highest BCUT2D eigenvalue weighted by molar-refractivity contribution is 7.99. The summed E-state index contributed by atoms with van der Waals surface area (Å²) in [5.41, 5.74) is 6.92. The van der Waals surface area contributed by atoms with Crippen LogP contribution in [0.25, 0.3) is 5.57 Å². The molecule has 4 aliphatic rings. The fourth-order valence-electron chi connectivity index (χ4n) is 6.17. The molecule has 0 amide bonds. The highest BCUT2D eigenvalue weighted by Gasteiger charge is 2.40. The quantitative estimate of drug-likeness (QED) is 0.374. The maximum absolute atomic E-state index is 11.6. The topological polar surface area (TPSA) is 59.0 Å². The summed E-state index contributed by atoms with van der Waals surface area (Å²) in [6, 6.07) is 21.5. The van der Waals surface area contributed by atoms with Gasteiger partial charge < -0.3 is 14.6 Å². The molecular formula is C29H25NO4S. The minimum atomic E-state index is -0.878. The Morgan fingerprint density at radius 3 is 2.51 bits per heavy atom. The lowest BCUT2D eigenvalue weighted by atomic mass is 9.85. The second kappa shape index (κ2) is 8.18. The molecule has 2 fully saturated rings. The summed E-state index contributed by atoms with van der Waals surface area (Å²) < 4.78 is 11.1. The van der Waals surface area contributed by atoms with Crippen molar-refractivity contribution in [2.24, 2.45) is 0 Å². The first kappa shape index (κ1) is 21.1. The lowest BCUT2D eigenvalue weighted by molar-refractivity contribution is 0.0696. The summed E-state index contributed by atoms with van der Waals surface area (Å²) >= 11 is 1.68. The van der Waals surface area contributed by atoms with E-state index >= 15 is 0 Å². The maximum atomic E-state index is 11.6. The molecule has 5 nitrogen and oxygen atoms in total. The Morgan fingerprint density at radius 1 is 0.914 bits per heavy atom. The largest absolute Gasteiger partial charge is 0.478 e. The first-order valence-corrected chi connectivity index (χ1v) is 13.0. The van der Waals surface area contributed by atoms with Crippen LogP contribution in [0.3, 0.4) is 0 Å². The minimum absolute atomic E-state index is 0.305. The van der Waals surface area contributed by atoms with Gasteiger partial charge in [-0.1, -0.05) is 47.7 Å². The van der Waals surface area contributed by atoms with Crippen LogP contribution in [-0.2, 0) is 6.54 Å². The van der Waals surface area contributed by atoms with Crippen LogP contribution in [0, 0.1) is 0 Å². The Bertz CT molecular complexity index is 1380. The van der Waals surface area contributed by atoms with E-state index in [4.69, 9.17) is 9.47 Å². The first-order valence-electron chi connectivity index (χ1n) is 12.2. The van der Waals surface area contributed by atoms with Crippen molar-refractivity contribution in [3.8, 4) is 11.5 Å². The van der Waals surface area contributed by atoms with Crippen molar-refractivity contribution in [1.82, 2.24) is 4.90 Å². The Morgan fingerprint density at radius 2 is 1.69 bits per heavy atom. The van der Waals surface area contributed by atoms with E-state index < -0.39 is 5.97 Å². The summed E-state index contributed by atoms with van der Waals surface area (Å²) in [4.78, 5) is 16.5. The van der Waals surface area contributed by atoms with E-state index in [1.54, 1.807) is 17.8 Å². The van der Waals surface area contributed by atoms with E-state index in [1.165, 1.54) is 45.6 Å². The van der Waals surface area contributed by atoms with Crippen molar-refractivity contribution in [3.05, 3.63) is 88.5 Å². The molecule has 1 N–H and O–H groups in total. The van der Waals surface area contributed by atoms with Gasteiger partial charge in [0.05, 0.1) is 5.56 Å². The Labute approximate surface area is 208 Å². The molecule has 7 rings (SSSR count). The predicted molar refractivity (Wildman–Crippen MR) is 134 cm³/mol. The van der Waals surface area contributed by atoms with E-state index in [0.717, 1.165) is 35.8 Å². The summed E-state index contributed by atoms with van der Waals surface area (Å²) in [5.74, 6) is 0.806. The summed E-state index contributed by atoms with van der Waals surface area (Å²) in [6.45, 7) is 1.24. The van der Waals surface area contributed by atoms with Gasteiger partial charge in [-0.3, -0.25) is 4.90 Å². The van der Waals surface area contributed by atoms with Gasteiger partial charge in [-0.25, -0.2) is 4.79 Å². The number of aromatic carboxylic acids is 1. The van der Waals surface area contributed by atoms with Crippen LogP contribution in [0.1, 0.15) is 52.7 Å². The number of carboxylic acid groups (broad SMARTS) is 1. The van der Waals surface area contributed by atoms with Crippen LogP contribution >= 0.6 is 11.8 Å². The number of hydrogen-bond acceptors (Lipinski definition) is 5. The fraction of sp³-hybridized carbons (Fsp3) is 0.276. The molecule has 0 aliphatic carbocycles. The number of fused-ring (bicyclic) bond motifs is 5. The summed E-state index contributed by atoms with van der Waals surface area (Å²) in [5, 5.41) is 9.53. The van der Waals surface area contributed by atoms with Crippen molar-refractivity contribution in [2.45, 2.75) is 54.1 Å². The first-order chi connectivity index (χ1) is 17.1. The molecule has 2 bridgehead atoms. The van der Waals surface area contributed by atoms with Crippen LogP contribution in [-0.4, -0.2) is 34.9 Å². The van der Waals surface area contributed by atoms with E-state index in [9.17, 15) is 9.90 Å². The summed E-state index contributed by atoms with van der Waals surface area (Å²) in [7, 11) is 0. The number of benzene rings is 3. The third-order valence-electron chi connectivity index (χ3n) is 7.77. The number of rotatable bonds is 3. The molecule has 2 unspecified atom stereocenters. The molecule has 0 saturated carbocycles. The van der Waals surface area contributed by atoms with Gasteiger partial charge in [0.2, 0.25) is 6.79 Å². The van der Waals surface area contributed by atoms with E-state index in [2.05, 4.69) is 41.3 Å². The fourth-order valence-corrected chi connectivity index (χ4v) is 7.30. The smallest absolute Gasteiger partial charge is 0.335 e. The van der Waals surface area contributed by atoms with Crippen molar-refractivity contribution < 1.29 is 19.4 Å². The van der Waals surface area contributed by atoms with E-state index in [0.29, 0.717) is 24.4 Å². The number of ether oxygens (including phenoxy) is 2. The predicted octanol–water partition coefficient (Wildman–Crippen LogP) is 6.21. The van der Waals surface area contributed by atoms with Gasteiger partial charge in [0.25, 0.3) is 0 Å². The third kappa shape index (κ3) is 3.55. The molecule has 2 saturated heterocycles. The molecule has 0 spiro atoms. The number of hydrogen-bond donors (Lipinski definition) is 1. The number of carboxylic acids is 1. The molecule has 3 aromatic carbocycles. The van der Waals surface area contributed by atoms with Gasteiger partial charge in [-0.2, -0.15) is 0 Å². The normalized spacial score (nSPS) is 22.2. The molecule has 4 heterocycles. The van der Waals surface area contributed by atoms with Crippen molar-refractivity contribution in [2.75, 3.05) is 6.79 Å². The zero-order chi connectivity index (χ0) is 23.5. The molecule has 0 radical (unpaired) electrons. The Balaban J connectivity index is 1.24.